The first-order valence-electron chi connectivity index (χ1n) is 9.01. The molecule has 2 heterocycles. The lowest BCUT2D eigenvalue weighted by atomic mass is 10.00. The van der Waals surface area contributed by atoms with Gasteiger partial charge in [-0.15, -0.1) is 21.5 Å². The number of fused-ring (bicyclic) bond motifs is 1. The van der Waals surface area contributed by atoms with Gasteiger partial charge in [-0.3, -0.25) is 4.79 Å². The van der Waals surface area contributed by atoms with Crippen LogP contribution in [-0.4, -0.2) is 16.1 Å². The molecule has 0 radical (unpaired) electrons. The van der Waals surface area contributed by atoms with Crippen LogP contribution in [0.1, 0.15) is 51.4 Å². The van der Waals surface area contributed by atoms with Crippen LogP contribution in [0, 0.1) is 6.92 Å². The lowest BCUT2D eigenvalue weighted by Crippen LogP contribution is -2.11. The summed E-state index contributed by atoms with van der Waals surface area (Å²) in [6.45, 7) is 1.97. The van der Waals surface area contributed by atoms with E-state index < -0.39 is 0 Å². The van der Waals surface area contributed by atoms with Gasteiger partial charge < -0.3 is 9.73 Å². The Labute approximate surface area is 156 Å². The zero-order valence-electron chi connectivity index (χ0n) is 14.7. The van der Waals surface area contributed by atoms with E-state index in [1.807, 2.05) is 25.1 Å². The minimum atomic E-state index is -0.0486. The van der Waals surface area contributed by atoms with Crippen molar-refractivity contribution in [3.63, 3.8) is 0 Å². The molecule has 0 saturated heterocycles. The quantitative estimate of drug-likeness (QED) is 0.706. The third kappa shape index (κ3) is 3.55. The van der Waals surface area contributed by atoms with Gasteiger partial charge in [0.25, 0.3) is 5.91 Å². The van der Waals surface area contributed by atoms with Crippen LogP contribution in [-0.2, 0) is 12.8 Å². The topological polar surface area (TPSA) is 68.0 Å². The first-order valence-corrected chi connectivity index (χ1v) is 9.82. The van der Waals surface area contributed by atoms with E-state index in [0.717, 1.165) is 34.5 Å². The molecular formula is C20H21N3O2S. The van der Waals surface area contributed by atoms with Crippen molar-refractivity contribution in [2.24, 2.45) is 0 Å². The molecule has 1 aliphatic rings. The second-order valence-electron chi connectivity index (χ2n) is 6.70. The fourth-order valence-electron chi connectivity index (χ4n) is 3.33. The molecule has 2 aromatic heterocycles. The number of hydrogen-bond acceptors (Lipinski definition) is 5. The number of nitrogens with zero attached hydrogens (tertiary/aromatic N) is 2. The second-order valence-corrected chi connectivity index (χ2v) is 7.84. The molecule has 134 valence electrons. The minimum absolute atomic E-state index is 0.0486. The highest BCUT2D eigenvalue weighted by Crippen LogP contribution is 2.30. The summed E-state index contributed by atoms with van der Waals surface area (Å²) in [5.41, 5.74) is 3.92. The van der Waals surface area contributed by atoms with E-state index in [9.17, 15) is 4.79 Å². The predicted octanol–water partition coefficient (Wildman–Crippen LogP) is 5.02. The van der Waals surface area contributed by atoms with E-state index in [2.05, 4.69) is 21.6 Å². The number of carbonyl (C=O) groups excluding carboxylic acids is 1. The molecule has 5 nitrogen and oxygen atoms in total. The predicted molar refractivity (Wildman–Crippen MR) is 103 cm³/mol. The number of amides is 1. The maximum atomic E-state index is 12.8. The molecule has 0 fully saturated rings. The zero-order valence-corrected chi connectivity index (χ0v) is 15.6. The number of rotatable bonds is 3. The van der Waals surface area contributed by atoms with Crippen LogP contribution in [0.4, 0.5) is 5.69 Å². The third-order valence-corrected chi connectivity index (χ3v) is 6.05. The molecule has 0 unspecified atom stereocenters. The van der Waals surface area contributed by atoms with Gasteiger partial charge in [0.2, 0.25) is 12.3 Å². The molecule has 0 saturated carbocycles. The Kier molecular flexibility index (Phi) is 4.84. The molecule has 1 N–H and O–H groups in total. The van der Waals surface area contributed by atoms with Gasteiger partial charge in [0.05, 0.1) is 4.88 Å². The molecule has 26 heavy (non-hydrogen) atoms. The largest absolute Gasteiger partial charge is 0.423 e. The van der Waals surface area contributed by atoms with E-state index in [1.54, 1.807) is 11.3 Å². The first kappa shape index (κ1) is 17.0. The monoisotopic (exact) mass is 367 g/mol. The molecule has 6 heteroatoms. The standard InChI is InChI=1S/C20H21N3O2S/c1-13-8-9-15(20-23-21-12-25-20)10-16(13)22-19(24)18-11-14-6-4-2-3-5-7-17(14)26-18/h8-12H,2-7H2,1H3,(H,22,24). The molecule has 0 bridgehead atoms. The van der Waals surface area contributed by atoms with Crippen molar-refractivity contribution in [2.75, 3.05) is 5.32 Å². The van der Waals surface area contributed by atoms with E-state index in [-0.39, 0.29) is 5.91 Å². The van der Waals surface area contributed by atoms with Crippen molar-refractivity contribution in [3.8, 4) is 11.5 Å². The summed E-state index contributed by atoms with van der Waals surface area (Å²) in [6.07, 6.45) is 8.51. The summed E-state index contributed by atoms with van der Waals surface area (Å²) in [5.74, 6) is 0.395. The van der Waals surface area contributed by atoms with Gasteiger partial charge >= 0.3 is 0 Å². The van der Waals surface area contributed by atoms with Crippen molar-refractivity contribution < 1.29 is 9.21 Å². The van der Waals surface area contributed by atoms with Crippen molar-refractivity contribution in [1.29, 1.82) is 0 Å². The van der Waals surface area contributed by atoms with Crippen molar-refractivity contribution in [2.45, 2.75) is 45.4 Å². The highest BCUT2D eigenvalue weighted by atomic mass is 32.1. The van der Waals surface area contributed by atoms with E-state index in [1.165, 1.54) is 42.5 Å². The first-order chi connectivity index (χ1) is 12.7. The minimum Gasteiger partial charge on any atom is -0.423 e. The molecule has 3 aromatic rings. The van der Waals surface area contributed by atoms with Gasteiger partial charge in [-0.05, 0) is 61.9 Å². The fraction of sp³-hybridized carbons (Fsp3) is 0.350. The van der Waals surface area contributed by atoms with Gasteiger partial charge in [-0.2, -0.15) is 0 Å². The number of aromatic nitrogens is 2. The van der Waals surface area contributed by atoms with E-state index in [0.29, 0.717) is 5.89 Å². The Hall–Kier alpha value is -2.47. The Bertz CT molecular complexity index is 890. The van der Waals surface area contributed by atoms with Crippen LogP contribution in [0.3, 0.4) is 0 Å². The van der Waals surface area contributed by atoms with Crippen LogP contribution in [0.5, 0.6) is 0 Å². The third-order valence-electron chi connectivity index (χ3n) is 4.81. The highest BCUT2D eigenvalue weighted by molar-refractivity contribution is 7.14. The van der Waals surface area contributed by atoms with E-state index >= 15 is 0 Å². The van der Waals surface area contributed by atoms with Crippen LogP contribution in [0.25, 0.3) is 11.5 Å². The summed E-state index contributed by atoms with van der Waals surface area (Å²) >= 11 is 1.64. The maximum absolute atomic E-state index is 12.8. The Morgan fingerprint density at radius 1 is 1.15 bits per heavy atom. The molecule has 1 aliphatic carbocycles. The molecular weight excluding hydrogens is 346 g/mol. The van der Waals surface area contributed by atoms with E-state index in [4.69, 9.17) is 4.42 Å². The fourth-order valence-corrected chi connectivity index (χ4v) is 4.48. The Morgan fingerprint density at radius 2 is 2.00 bits per heavy atom. The van der Waals surface area contributed by atoms with Crippen LogP contribution >= 0.6 is 11.3 Å². The zero-order chi connectivity index (χ0) is 17.9. The molecule has 1 amide bonds. The SMILES string of the molecule is Cc1ccc(-c2nnco2)cc1NC(=O)c1cc2c(s1)CCCCCC2. The Morgan fingerprint density at radius 3 is 2.81 bits per heavy atom. The number of aryl methyl sites for hydroxylation is 3. The van der Waals surface area contributed by atoms with Crippen LogP contribution < -0.4 is 5.32 Å². The molecule has 0 atom stereocenters. The summed E-state index contributed by atoms with van der Waals surface area (Å²) in [7, 11) is 0. The smallest absolute Gasteiger partial charge is 0.265 e. The number of thiophene rings is 1. The summed E-state index contributed by atoms with van der Waals surface area (Å²) in [6, 6.07) is 7.82. The summed E-state index contributed by atoms with van der Waals surface area (Å²) < 4.78 is 5.25. The van der Waals surface area contributed by atoms with Crippen molar-refractivity contribution in [3.05, 3.63) is 51.5 Å². The van der Waals surface area contributed by atoms with Crippen LogP contribution in [0.2, 0.25) is 0 Å². The highest BCUT2D eigenvalue weighted by Gasteiger charge is 2.17. The van der Waals surface area contributed by atoms with Gasteiger partial charge in [0, 0.05) is 16.1 Å². The number of anilines is 1. The second kappa shape index (κ2) is 7.41. The molecule has 0 spiro atoms. The average molecular weight is 367 g/mol. The number of benzene rings is 1. The number of hydrogen-bond donors (Lipinski definition) is 1. The van der Waals surface area contributed by atoms with Gasteiger partial charge in [-0.1, -0.05) is 18.9 Å². The van der Waals surface area contributed by atoms with Gasteiger partial charge in [0.15, 0.2) is 0 Å². The summed E-state index contributed by atoms with van der Waals surface area (Å²) in [4.78, 5) is 15.0. The summed E-state index contributed by atoms with van der Waals surface area (Å²) in [5, 5.41) is 10.7. The van der Waals surface area contributed by atoms with Crippen LogP contribution in [0.15, 0.2) is 35.1 Å². The molecule has 0 aliphatic heterocycles. The average Bonchev–Trinajstić information content (AvgIpc) is 3.27. The lowest BCUT2D eigenvalue weighted by Gasteiger charge is -2.08. The number of nitrogens with one attached hydrogen (secondary N) is 1. The van der Waals surface area contributed by atoms with Crippen molar-refractivity contribution in [1.82, 2.24) is 10.2 Å². The number of carbonyl (C=O) groups is 1. The molecule has 1 aromatic carbocycles. The molecule has 4 rings (SSSR count). The Balaban J connectivity index is 1.56. The normalized spacial score (nSPS) is 14.3. The van der Waals surface area contributed by atoms with Crippen molar-refractivity contribution >= 4 is 22.9 Å². The van der Waals surface area contributed by atoms with Gasteiger partial charge in [-0.25, -0.2) is 0 Å². The van der Waals surface area contributed by atoms with Gasteiger partial charge in [0.1, 0.15) is 0 Å². The lowest BCUT2D eigenvalue weighted by molar-refractivity contribution is 0.103. The maximum Gasteiger partial charge on any atom is 0.265 e.